The topological polar surface area (TPSA) is 75.3 Å². The fraction of sp³-hybridized carbons (Fsp3) is 0.417. The Balaban J connectivity index is 2.90. The van der Waals surface area contributed by atoms with Gasteiger partial charge in [-0.2, -0.15) is 0 Å². The van der Waals surface area contributed by atoms with Gasteiger partial charge in [0.05, 0.1) is 17.4 Å². The number of nitrogens with two attached hydrogens (primary N) is 1. The maximum atomic E-state index is 13.6. The molecular formula is C12H16BrFN2O2. The summed E-state index contributed by atoms with van der Waals surface area (Å²) in [5.74, 6) is -1.53. The van der Waals surface area contributed by atoms with Crippen molar-refractivity contribution < 1.29 is 14.3 Å². The summed E-state index contributed by atoms with van der Waals surface area (Å²) in [6.07, 6.45) is 0.936. The smallest absolute Gasteiger partial charge is 0.253 e. The summed E-state index contributed by atoms with van der Waals surface area (Å²) in [6, 6.07) is 2.73. The Morgan fingerprint density at radius 3 is 2.83 bits per heavy atom. The van der Waals surface area contributed by atoms with Gasteiger partial charge in [0, 0.05) is 11.0 Å². The minimum absolute atomic E-state index is 0.193. The van der Waals surface area contributed by atoms with Crippen molar-refractivity contribution in [3.8, 4) is 0 Å². The van der Waals surface area contributed by atoms with Gasteiger partial charge < -0.3 is 16.2 Å². The Morgan fingerprint density at radius 1 is 1.61 bits per heavy atom. The summed E-state index contributed by atoms with van der Waals surface area (Å²) in [7, 11) is 0. The van der Waals surface area contributed by atoms with Gasteiger partial charge in [-0.1, -0.05) is 29.3 Å². The molecule has 0 aromatic heterocycles. The first-order valence-corrected chi connectivity index (χ1v) is 6.45. The van der Waals surface area contributed by atoms with E-state index >= 15 is 0 Å². The van der Waals surface area contributed by atoms with Gasteiger partial charge >= 0.3 is 0 Å². The highest BCUT2D eigenvalue weighted by Gasteiger charge is 2.16. The third-order valence-corrected chi connectivity index (χ3v) is 2.91. The number of hydrogen-bond donors (Lipinski definition) is 3. The number of benzene rings is 1. The van der Waals surface area contributed by atoms with Gasteiger partial charge in [0.1, 0.15) is 5.82 Å². The molecule has 1 amide bonds. The van der Waals surface area contributed by atoms with E-state index in [9.17, 15) is 14.3 Å². The molecule has 0 aliphatic rings. The molecule has 100 valence electrons. The SMILES string of the molecule is CCCC(O)CNc1cc(Br)cc(F)c1C(N)=O. The number of nitrogens with one attached hydrogen (secondary N) is 1. The minimum atomic E-state index is -0.840. The molecule has 1 rings (SSSR count). The zero-order chi connectivity index (χ0) is 13.7. The van der Waals surface area contributed by atoms with E-state index in [1.807, 2.05) is 6.92 Å². The van der Waals surface area contributed by atoms with Gasteiger partial charge in [-0.15, -0.1) is 0 Å². The average molecular weight is 319 g/mol. The van der Waals surface area contributed by atoms with Crippen LogP contribution in [0.3, 0.4) is 0 Å². The molecule has 0 heterocycles. The van der Waals surface area contributed by atoms with Crippen LogP contribution in [-0.4, -0.2) is 23.7 Å². The molecule has 6 heteroatoms. The molecule has 0 aliphatic carbocycles. The third kappa shape index (κ3) is 3.96. The highest BCUT2D eigenvalue weighted by molar-refractivity contribution is 9.10. The Hall–Kier alpha value is -1.14. The lowest BCUT2D eigenvalue weighted by Gasteiger charge is -2.14. The molecule has 0 saturated carbocycles. The number of primary amides is 1. The summed E-state index contributed by atoms with van der Waals surface area (Å²) < 4.78 is 14.1. The van der Waals surface area contributed by atoms with Crippen LogP contribution >= 0.6 is 15.9 Å². The van der Waals surface area contributed by atoms with Crippen molar-refractivity contribution in [1.29, 1.82) is 0 Å². The number of anilines is 1. The van der Waals surface area contributed by atoms with Crippen LogP contribution < -0.4 is 11.1 Å². The number of amides is 1. The Kier molecular flexibility index (Phi) is 5.55. The zero-order valence-corrected chi connectivity index (χ0v) is 11.6. The van der Waals surface area contributed by atoms with Gasteiger partial charge in [0.15, 0.2) is 0 Å². The molecule has 1 atom stereocenters. The van der Waals surface area contributed by atoms with Crippen molar-refractivity contribution in [1.82, 2.24) is 0 Å². The molecule has 1 unspecified atom stereocenters. The molecule has 4 N–H and O–H groups in total. The second-order valence-corrected chi connectivity index (χ2v) is 4.91. The van der Waals surface area contributed by atoms with Gasteiger partial charge in [0.25, 0.3) is 5.91 Å². The standard InChI is InChI=1S/C12H16BrFN2O2/c1-2-3-8(17)6-16-10-5-7(13)4-9(14)11(10)12(15)18/h4-5,8,16-17H,2-3,6H2,1H3,(H2,15,18). The molecule has 0 fully saturated rings. The largest absolute Gasteiger partial charge is 0.391 e. The van der Waals surface area contributed by atoms with E-state index < -0.39 is 17.8 Å². The van der Waals surface area contributed by atoms with E-state index in [4.69, 9.17) is 5.73 Å². The third-order valence-electron chi connectivity index (χ3n) is 2.45. The Morgan fingerprint density at radius 2 is 2.28 bits per heavy atom. The van der Waals surface area contributed by atoms with Crippen LogP contribution in [0.5, 0.6) is 0 Å². The van der Waals surface area contributed by atoms with Crippen LogP contribution in [0.1, 0.15) is 30.1 Å². The van der Waals surface area contributed by atoms with Gasteiger partial charge in [-0.25, -0.2) is 4.39 Å². The van der Waals surface area contributed by atoms with Crippen LogP contribution in [0.25, 0.3) is 0 Å². The minimum Gasteiger partial charge on any atom is -0.391 e. The molecule has 0 aliphatic heterocycles. The van der Waals surface area contributed by atoms with E-state index in [-0.39, 0.29) is 17.8 Å². The van der Waals surface area contributed by atoms with E-state index in [0.29, 0.717) is 10.9 Å². The predicted octanol–water partition coefficient (Wildman–Crippen LogP) is 2.26. The summed E-state index contributed by atoms with van der Waals surface area (Å²) in [4.78, 5) is 11.2. The number of hydrogen-bond acceptors (Lipinski definition) is 3. The molecule has 1 aromatic carbocycles. The number of rotatable bonds is 6. The van der Waals surface area contributed by atoms with Crippen molar-refractivity contribution in [3.63, 3.8) is 0 Å². The first kappa shape index (κ1) is 14.9. The predicted molar refractivity (Wildman–Crippen MR) is 72.0 cm³/mol. The number of carbonyl (C=O) groups excluding carboxylic acids is 1. The summed E-state index contributed by atoms with van der Waals surface area (Å²) >= 11 is 3.14. The van der Waals surface area contributed by atoms with E-state index in [1.54, 1.807) is 6.07 Å². The Bertz CT molecular complexity index is 440. The number of halogens is 2. The lowest BCUT2D eigenvalue weighted by molar-refractivity contribution is 0.0997. The van der Waals surface area contributed by atoms with Gasteiger partial charge in [-0.3, -0.25) is 4.79 Å². The Labute approximate surface area is 113 Å². The van der Waals surface area contributed by atoms with Crippen LogP contribution in [0, 0.1) is 5.82 Å². The molecule has 0 saturated heterocycles. The molecule has 0 spiro atoms. The normalized spacial score (nSPS) is 12.2. The lowest BCUT2D eigenvalue weighted by Crippen LogP contribution is -2.22. The van der Waals surface area contributed by atoms with Crippen LogP contribution in [0.4, 0.5) is 10.1 Å². The van der Waals surface area contributed by atoms with Crippen LogP contribution in [-0.2, 0) is 0 Å². The number of aliphatic hydroxyl groups is 1. The molecule has 18 heavy (non-hydrogen) atoms. The first-order chi connectivity index (χ1) is 8.45. The lowest BCUT2D eigenvalue weighted by atomic mass is 10.1. The van der Waals surface area contributed by atoms with Crippen LogP contribution in [0.15, 0.2) is 16.6 Å². The summed E-state index contributed by atoms with van der Waals surface area (Å²) in [6.45, 7) is 2.20. The highest BCUT2D eigenvalue weighted by Crippen LogP contribution is 2.24. The molecule has 0 bridgehead atoms. The van der Waals surface area contributed by atoms with Crippen molar-refractivity contribution in [2.75, 3.05) is 11.9 Å². The number of carbonyl (C=O) groups is 1. The highest BCUT2D eigenvalue weighted by atomic mass is 79.9. The first-order valence-electron chi connectivity index (χ1n) is 5.66. The number of aliphatic hydroxyl groups excluding tert-OH is 1. The van der Waals surface area contributed by atoms with Crippen molar-refractivity contribution >= 4 is 27.5 Å². The van der Waals surface area contributed by atoms with Gasteiger partial charge in [-0.05, 0) is 18.6 Å². The monoisotopic (exact) mass is 318 g/mol. The van der Waals surface area contributed by atoms with Crippen molar-refractivity contribution in [2.45, 2.75) is 25.9 Å². The second kappa shape index (κ2) is 6.70. The molecule has 1 aromatic rings. The fourth-order valence-corrected chi connectivity index (χ4v) is 2.06. The maximum Gasteiger partial charge on any atom is 0.253 e. The fourth-order valence-electron chi connectivity index (χ4n) is 1.63. The second-order valence-electron chi connectivity index (χ2n) is 4.00. The van der Waals surface area contributed by atoms with E-state index in [0.717, 1.165) is 6.42 Å². The molecule has 4 nitrogen and oxygen atoms in total. The zero-order valence-electron chi connectivity index (χ0n) is 10.0. The summed E-state index contributed by atoms with van der Waals surface area (Å²) in [5.41, 5.74) is 5.22. The molecular weight excluding hydrogens is 303 g/mol. The molecule has 0 radical (unpaired) electrons. The quantitative estimate of drug-likeness (QED) is 0.753. The summed E-state index contributed by atoms with van der Waals surface area (Å²) in [5, 5.41) is 12.4. The van der Waals surface area contributed by atoms with Gasteiger partial charge in [0.2, 0.25) is 0 Å². The van der Waals surface area contributed by atoms with Crippen molar-refractivity contribution in [2.24, 2.45) is 5.73 Å². The average Bonchev–Trinajstić information content (AvgIpc) is 2.25. The van der Waals surface area contributed by atoms with Crippen LogP contribution in [0.2, 0.25) is 0 Å². The van der Waals surface area contributed by atoms with Crippen molar-refractivity contribution in [3.05, 3.63) is 28.0 Å². The van der Waals surface area contributed by atoms with E-state index in [1.165, 1.54) is 6.07 Å². The maximum absolute atomic E-state index is 13.6. The van der Waals surface area contributed by atoms with E-state index in [2.05, 4.69) is 21.2 Å².